The van der Waals surface area contributed by atoms with Gasteiger partial charge in [-0.15, -0.1) is 12.6 Å². The number of rotatable bonds is 5. The molecule has 3 aromatic rings. The van der Waals surface area contributed by atoms with Crippen LogP contribution in [0.2, 0.25) is 0 Å². The summed E-state index contributed by atoms with van der Waals surface area (Å²) in [5.41, 5.74) is 3.35. The summed E-state index contributed by atoms with van der Waals surface area (Å²) in [6.07, 6.45) is 5.46. The highest BCUT2D eigenvalue weighted by Gasteiger charge is 2.33. The van der Waals surface area contributed by atoms with Gasteiger partial charge in [0.15, 0.2) is 5.50 Å². The first-order valence-corrected chi connectivity index (χ1v) is 9.84. The number of hydrogen-bond acceptors (Lipinski definition) is 6. The van der Waals surface area contributed by atoms with Crippen LogP contribution in [0.15, 0.2) is 60.7 Å². The Labute approximate surface area is 180 Å². The smallest absolute Gasteiger partial charge is 0.276 e. The molecule has 1 N–H and O–H groups in total. The summed E-state index contributed by atoms with van der Waals surface area (Å²) in [6.45, 7) is 1.93. The van der Waals surface area contributed by atoms with Gasteiger partial charge in [0.05, 0.1) is 31.9 Å². The maximum Gasteiger partial charge on any atom is 0.276 e. The minimum absolute atomic E-state index is 0.159. The second-order valence-corrected chi connectivity index (χ2v) is 7.29. The SMILES string of the molecule is COc1ccc(N2C(=O)/C(=C/c3ccc(-n4cnc(C)c4)c(OC)c3)NC2S)cc1. The van der Waals surface area contributed by atoms with Crippen LogP contribution in [0, 0.1) is 6.92 Å². The molecule has 0 bridgehead atoms. The molecule has 2 heterocycles. The first kappa shape index (κ1) is 19.9. The Bertz CT molecular complexity index is 1110. The topological polar surface area (TPSA) is 68.6 Å². The number of ether oxygens (including phenoxy) is 2. The highest BCUT2D eigenvalue weighted by atomic mass is 32.1. The number of anilines is 1. The first-order chi connectivity index (χ1) is 14.5. The first-order valence-electron chi connectivity index (χ1n) is 9.33. The standard InChI is InChI=1S/C22H22N4O3S/c1-14-12-25(13-23-14)19-9-4-15(11-20(19)29-3)10-18-21(27)26(22(30)24-18)16-5-7-17(28-2)8-6-16/h4-13,22,24,30H,1-3H3/b18-10-. The normalized spacial score (nSPS) is 17.3. The van der Waals surface area contributed by atoms with Gasteiger partial charge in [0.1, 0.15) is 17.2 Å². The molecule has 0 saturated carbocycles. The maximum absolute atomic E-state index is 13.0. The Morgan fingerprint density at radius 3 is 2.53 bits per heavy atom. The third-order valence-corrected chi connectivity index (χ3v) is 5.19. The number of carbonyl (C=O) groups is 1. The highest BCUT2D eigenvalue weighted by molar-refractivity contribution is 7.81. The average Bonchev–Trinajstić information content (AvgIpc) is 3.30. The molecule has 8 heteroatoms. The molecule has 1 saturated heterocycles. The highest BCUT2D eigenvalue weighted by Crippen LogP contribution is 2.29. The molecular weight excluding hydrogens is 400 g/mol. The molecular formula is C22H22N4O3S. The molecule has 1 aliphatic heterocycles. The van der Waals surface area contributed by atoms with E-state index in [4.69, 9.17) is 9.47 Å². The van der Waals surface area contributed by atoms with Gasteiger partial charge in [-0.1, -0.05) is 6.07 Å². The van der Waals surface area contributed by atoms with Gasteiger partial charge < -0.3 is 19.4 Å². The number of methoxy groups -OCH3 is 2. The van der Waals surface area contributed by atoms with Gasteiger partial charge in [-0.05, 0) is 55.0 Å². The third-order valence-electron chi connectivity index (χ3n) is 4.83. The molecule has 0 spiro atoms. The second kappa shape index (κ2) is 8.16. The molecule has 1 atom stereocenters. The zero-order chi connectivity index (χ0) is 21.3. The number of imidazole rings is 1. The lowest BCUT2D eigenvalue weighted by atomic mass is 10.1. The van der Waals surface area contributed by atoms with E-state index >= 15 is 0 Å². The van der Waals surface area contributed by atoms with E-state index in [2.05, 4.69) is 22.9 Å². The number of nitrogens with zero attached hydrogens (tertiary/aromatic N) is 3. The molecule has 2 aromatic carbocycles. The second-order valence-electron chi connectivity index (χ2n) is 6.80. The van der Waals surface area contributed by atoms with E-state index in [9.17, 15) is 4.79 Å². The average molecular weight is 423 g/mol. The molecule has 1 aliphatic rings. The molecule has 1 fully saturated rings. The monoisotopic (exact) mass is 422 g/mol. The molecule has 1 amide bonds. The molecule has 4 rings (SSSR count). The predicted octanol–water partition coefficient (Wildman–Crippen LogP) is 3.39. The van der Waals surface area contributed by atoms with E-state index in [0.29, 0.717) is 11.4 Å². The minimum atomic E-state index is -0.466. The van der Waals surface area contributed by atoms with E-state index < -0.39 is 5.50 Å². The van der Waals surface area contributed by atoms with E-state index in [1.54, 1.807) is 31.5 Å². The van der Waals surface area contributed by atoms with Crippen molar-refractivity contribution in [1.82, 2.24) is 14.9 Å². The van der Waals surface area contributed by atoms with E-state index in [1.807, 2.05) is 60.2 Å². The predicted molar refractivity (Wildman–Crippen MR) is 119 cm³/mol. The summed E-state index contributed by atoms with van der Waals surface area (Å²) in [4.78, 5) is 18.8. The van der Waals surface area contributed by atoms with Crippen LogP contribution in [0.5, 0.6) is 11.5 Å². The Balaban J connectivity index is 1.62. The molecule has 30 heavy (non-hydrogen) atoms. The van der Waals surface area contributed by atoms with Crippen LogP contribution in [-0.2, 0) is 4.79 Å². The number of aromatic nitrogens is 2. The Morgan fingerprint density at radius 1 is 1.13 bits per heavy atom. The van der Waals surface area contributed by atoms with Crippen molar-refractivity contribution in [3.05, 3.63) is 71.9 Å². The van der Waals surface area contributed by atoms with E-state index in [0.717, 1.165) is 28.4 Å². The fraction of sp³-hybridized carbons (Fsp3) is 0.182. The fourth-order valence-corrected chi connectivity index (χ4v) is 3.71. The Kier molecular flexibility index (Phi) is 5.41. The van der Waals surface area contributed by atoms with E-state index in [1.165, 1.54) is 0 Å². The summed E-state index contributed by atoms with van der Waals surface area (Å²) in [7, 11) is 3.22. The van der Waals surface area contributed by atoms with Crippen molar-refractivity contribution in [1.29, 1.82) is 0 Å². The third kappa shape index (κ3) is 3.73. The van der Waals surface area contributed by atoms with Crippen molar-refractivity contribution >= 4 is 30.3 Å². The molecule has 7 nitrogen and oxygen atoms in total. The molecule has 154 valence electrons. The van der Waals surface area contributed by atoms with E-state index in [-0.39, 0.29) is 5.91 Å². The van der Waals surface area contributed by atoms with Gasteiger partial charge in [0.25, 0.3) is 5.91 Å². The number of nitrogens with one attached hydrogen (secondary N) is 1. The van der Waals surface area contributed by atoms with Crippen LogP contribution in [0.25, 0.3) is 11.8 Å². The largest absolute Gasteiger partial charge is 0.497 e. The van der Waals surface area contributed by atoms with Crippen LogP contribution < -0.4 is 19.7 Å². The van der Waals surface area contributed by atoms with Gasteiger partial charge in [-0.25, -0.2) is 4.98 Å². The van der Waals surface area contributed by atoms with Crippen LogP contribution in [0.3, 0.4) is 0 Å². The number of amides is 1. The Hall–Kier alpha value is -3.39. The van der Waals surface area contributed by atoms with Crippen LogP contribution >= 0.6 is 12.6 Å². The number of carbonyl (C=O) groups excluding carboxylic acids is 1. The molecule has 0 radical (unpaired) electrons. The molecule has 0 aliphatic carbocycles. The lowest BCUT2D eigenvalue weighted by Gasteiger charge is -2.19. The van der Waals surface area contributed by atoms with Crippen LogP contribution in [-0.4, -0.2) is 35.2 Å². The lowest BCUT2D eigenvalue weighted by Crippen LogP contribution is -2.32. The summed E-state index contributed by atoms with van der Waals surface area (Å²) >= 11 is 4.52. The van der Waals surface area contributed by atoms with Crippen molar-refractivity contribution in [3.8, 4) is 17.2 Å². The molecule has 1 unspecified atom stereocenters. The van der Waals surface area contributed by atoms with Crippen LogP contribution in [0.4, 0.5) is 5.69 Å². The maximum atomic E-state index is 13.0. The fourth-order valence-electron chi connectivity index (χ4n) is 3.33. The van der Waals surface area contributed by atoms with Crippen molar-refractivity contribution in [2.45, 2.75) is 12.4 Å². The number of aryl methyl sites for hydroxylation is 1. The van der Waals surface area contributed by atoms with Gasteiger partial charge >= 0.3 is 0 Å². The Morgan fingerprint density at radius 2 is 1.90 bits per heavy atom. The van der Waals surface area contributed by atoms with Gasteiger partial charge in [-0.2, -0.15) is 0 Å². The number of hydrogen-bond donors (Lipinski definition) is 2. The van der Waals surface area contributed by atoms with Gasteiger partial charge in [0, 0.05) is 11.9 Å². The summed E-state index contributed by atoms with van der Waals surface area (Å²) in [6, 6.07) is 13.0. The number of benzene rings is 2. The summed E-state index contributed by atoms with van der Waals surface area (Å²) in [5, 5.41) is 3.13. The zero-order valence-corrected chi connectivity index (χ0v) is 17.8. The van der Waals surface area contributed by atoms with Gasteiger partial charge in [-0.3, -0.25) is 9.69 Å². The van der Waals surface area contributed by atoms with Crippen molar-refractivity contribution in [2.24, 2.45) is 0 Å². The van der Waals surface area contributed by atoms with Crippen molar-refractivity contribution in [2.75, 3.05) is 19.1 Å². The minimum Gasteiger partial charge on any atom is -0.497 e. The van der Waals surface area contributed by atoms with Crippen LogP contribution in [0.1, 0.15) is 11.3 Å². The van der Waals surface area contributed by atoms with Crippen molar-refractivity contribution in [3.63, 3.8) is 0 Å². The quantitative estimate of drug-likeness (QED) is 0.487. The summed E-state index contributed by atoms with van der Waals surface area (Å²) in [5.74, 6) is 1.25. The molecule has 1 aromatic heterocycles. The lowest BCUT2D eigenvalue weighted by molar-refractivity contribution is -0.114. The van der Waals surface area contributed by atoms with Gasteiger partial charge in [0.2, 0.25) is 0 Å². The zero-order valence-electron chi connectivity index (χ0n) is 16.9. The summed E-state index contributed by atoms with van der Waals surface area (Å²) < 4.78 is 12.6. The van der Waals surface area contributed by atoms with Crippen molar-refractivity contribution < 1.29 is 14.3 Å². The number of thiol groups is 1.